The molecule has 0 saturated carbocycles. The summed E-state index contributed by atoms with van der Waals surface area (Å²) >= 11 is 18.1. The summed E-state index contributed by atoms with van der Waals surface area (Å²) in [5, 5.41) is 35.1. The highest BCUT2D eigenvalue weighted by Gasteiger charge is 2.44. The number of nitrogens with zero attached hydrogens (tertiary/aromatic N) is 11. The molecular weight excluding hydrogens is 1740 g/mol. The smallest absolute Gasteiger partial charge is 0.414 e. The normalized spacial score (nSPS) is 17.9. The Morgan fingerprint density at radius 3 is 1.06 bits per heavy atom. The van der Waals surface area contributed by atoms with E-state index in [1.807, 2.05) is 73.7 Å². The number of hydrogen-bond acceptors (Lipinski definition) is 22. The van der Waals surface area contributed by atoms with Gasteiger partial charge in [0.2, 0.25) is 40.1 Å². The van der Waals surface area contributed by atoms with Crippen molar-refractivity contribution in [2.24, 2.45) is 0 Å². The van der Waals surface area contributed by atoms with E-state index in [1.54, 1.807) is 80.3 Å². The molecule has 4 fully saturated rings. The topological polar surface area (TPSA) is 397 Å². The summed E-state index contributed by atoms with van der Waals surface area (Å²) in [5.41, 5.74) is 8.19. The van der Waals surface area contributed by atoms with Crippen molar-refractivity contribution in [3.8, 4) is 11.1 Å². The van der Waals surface area contributed by atoms with Crippen molar-refractivity contribution in [2.75, 3.05) is 72.0 Å². The van der Waals surface area contributed by atoms with Gasteiger partial charge in [0, 0.05) is 138 Å². The molecule has 0 aliphatic carbocycles. The Bertz CT molecular complexity index is 6080. The third-order valence-corrected chi connectivity index (χ3v) is 30.8. The van der Waals surface area contributed by atoms with E-state index in [1.165, 1.54) is 84.0 Å². The van der Waals surface area contributed by atoms with Gasteiger partial charge >= 0.3 is 24.4 Å². The summed E-state index contributed by atoms with van der Waals surface area (Å²) in [7, 11) is -15.5. The van der Waals surface area contributed by atoms with E-state index in [2.05, 4.69) is 0 Å². The second-order valence-electron chi connectivity index (χ2n) is 29.7. The van der Waals surface area contributed by atoms with Gasteiger partial charge in [0.25, 0.3) is 17.1 Å². The zero-order chi connectivity index (χ0) is 87.4. The first-order chi connectivity index (χ1) is 58.8. The number of aryl methyl sites for hydroxylation is 1. The van der Waals surface area contributed by atoms with Gasteiger partial charge in [-0.05, 0) is 160 Å². The maximum absolute atomic E-state index is 13.2. The minimum atomic E-state index is -4.03. The van der Waals surface area contributed by atoms with E-state index in [9.17, 15) is 83.2 Å². The SMILES string of the molecule is Cc1cccc2c1N(C1CCN(S(=O)(=O)c3ccccc3[N+](=O)[O-])CC1)C(=O)OC2.O=C1OCc2cc(Cl)ccc2N1C1CCN(S(=O)(=O)c2ccc(-c3ccccc3)cc2)CC1.O=C1OCc2cc(Cl)ccc2N1C1CCN(S(=O)(=O)c2cccc([N+](=O)[O-])c2)CC1.O=C1OCc2cc(Cl)ccc2N1C1CCN(S(=O)(=O)c2ccccc2[N+](=O)[O-])CC1. The van der Waals surface area contributed by atoms with Crippen molar-refractivity contribution in [3.05, 3.63) is 273 Å². The molecule has 8 aliphatic heterocycles. The number of carbonyl (C=O) groups is 4. The molecule has 4 saturated heterocycles. The fraction of sp³-hybridized carbons (Fsp3) is 0.301. The summed E-state index contributed by atoms with van der Waals surface area (Å²) in [6.45, 7) is 4.23. The predicted octanol–water partition coefficient (Wildman–Crippen LogP) is 15.6. The van der Waals surface area contributed by atoms with Gasteiger partial charge in [0.1, 0.15) is 26.4 Å². The number of piperidine rings is 4. The van der Waals surface area contributed by atoms with Crippen LogP contribution in [0.3, 0.4) is 0 Å². The molecule has 40 heteroatoms. The Balaban J connectivity index is 0.000000134. The minimum absolute atomic E-state index is 0.118. The van der Waals surface area contributed by atoms with Gasteiger partial charge in [0.15, 0.2) is 9.79 Å². The molecule has 33 nitrogen and oxygen atoms in total. The molecule has 9 aromatic rings. The lowest BCUT2D eigenvalue weighted by Gasteiger charge is -2.40. The van der Waals surface area contributed by atoms with Crippen LogP contribution >= 0.6 is 34.8 Å². The van der Waals surface area contributed by atoms with Crippen LogP contribution in [0, 0.1) is 37.3 Å². The number of ether oxygens (including phenoxy) is 4. The third-order valence-electron chi connectivity index (χ3n) is 22.4. The fourth-order valence-electron chi connectivity index (χ4n) is 16.3. The lowest BCUT2D eigenvalue weighted by Crippen LogP contribution is -2.50. The van der Waals surface area contributed by atoms with E-state index in [4.69, 9.17) is 53.8 Å². The zero-order valence-electron chi connectivity index (χ0n) is 65.7. The number of amides is 4. The van der Waals surface area contributed by atoms with Crippen molar-refractivity contribution < 1.29 is 86.6 Å². The Labute approximate surface area is 723 Å². The van der Waals surface area contributed by atoms with E-state index in [0.29, 0.717) is 85.2 Å². The second-order valence-corrected chi connectivity index (χ2v) is 38.7. The number of halogens is 3. The summed E-state index contributed by atoms with van der Waals surface area (Å²) in [4.78, 5) is 87.2. The molecule has 0 N–H and O–H groups in total. The van der Waals surface area contributed by atoms with Crippen LogP contribution in [-0.2, 0) is 85.5 Å². The third kappa shape index (κ3) is 18.8. The van der Waals surface area contributed by atoms with E-state index in [-0.39, 0.29) is 115 Å². The number of sulfonamides is 4. The number of cyclic esters (lactones) is 4. The maximum Gasteiger partial charge on any atom is 0.414 e. The molecule has 17 rings (SSSR count). The van der Waals surface area contributed by atoms with Gasteiger partial charge in [-0.25, -0.2) is 52.8 Å². The number of non-ortho nitro benzene ring substituents is 1. The zero-order valence-corrected chi connectivity index (χ0v) is 71.2. The lowest BCUT2D eigenvalue weighted by molar-refractivity contribution is -0.388. The molecule has 9 aromatic carbocycles. The molecule has 0 bridgehead atoms. The monoisotopic (exact) mass is 1820 g/mol. The molecule has 123 heavy (non-hydrogen) atoms. The highest BCUT2D eigenvalue weighted by Crippen LogP contribution is 2.42. The summed E-state index contributed by atoms with van der Waals surface area (Å²) in [5.74, 6) is 0. The van der Waals surface area contributed by atoms with Gasteiger partial charge in [-0.3, -0.25) is 49.9 Å². The Kier molecular flexibility index (Phi) is 26.5. The number of hydrogen-bond donors (Lipinski definition) is 0. The van der Waals surface area contributed by atoms with Crippen LogP contribution in [0.25, 0.3) is 11.1 Å². The molecule has 8 heterocycles. The van der Waals surface area contributed by atoms with Gasteiger partial charge in [-0.15, -0.1) is 0 Å². The maximum atomic E-state index is 13.2. The quantitative estimate of drug-likeness (QED) is 0.0492. The molecular formula is C83H80Cl3N11O22S4. The van der Waals surface area contributed by atoms with Crippen LogP contribution in [-0.4, -0.2) is 167 Å². The first-order valence-corrected chi connectivity index (χ1v) is 45.8. The van der Waals surface area contributed by atoms with Crippen LogP contribution in [0.5, 0.6) is 0 Å². The first kappa shape index (κ1) is 88.1. The van der Waals surface area contributed by atoms with Crippen molar-refractivity contribution in [2.45, 2.75) is 128 Å². The summed E-state index contributed by atoms with van der Waals surface area (Å²) in [6.07, 6.45) is 1.64. The summed E-state index contributed by atoms with van der Waals surface area (Å²) in [6, 6.07) is 53.2. The lowest BCUT2D eigenvalue weighted by atomic mass is 10.00. The second kappa shape index (κ2) is 37.1. The summed E-state index contributed by atoms with van der Waals surface area (Å²) < 4.78 is 131. The van der Waals surface area contributed by atoms with Crippen LogP contribution in [0.2, 0.25) is 15.1 Å². The predicted molar refractivity (Wildman–Crippen MR) is 454 cm³/mol. The van der Waals surface area contributed by atoms with E-state index in [0.717, 1.165) is 62.1 Å². The number of anilines is 4. The number of benzene rings is 9. The molecule has 0 aromatic heterocycles. The van der Waals surface area contributed by atoms with Crippen LogP contribution in [0.4, 0.5) is 59.0 Å². The first-order valence-electron chi connectivity index (χ1n) is 38.9. The Hall–Kier alpha value is -11.2. The number of rotatable bonds is 16. The number of para-hydroxylation sites is 3. The van der Waals surface area contributed by atoms with Gasteiger partial charge in [-0.2, -0.15) is 17.2 Å². The van der Waals surface area contributed by atoms with Crippen LogP contribution in [0.1, 0.15) is 79.2 Å². The van der Waals surface area contributed by atoms with Gasteiger partial charge < -0.3 is 18.9 Å². The van der Waals surface area contributed by atoms with Crippen molar-refractivity contribution >= 4 is 139 Å². The van der Waals surface area contributed by atoms with E-state index < -0.39 is 90.6 Å². The molecule has 8 aliphatic rings. The average Bonchev–Trinajstić information content (AvgIpc) is 0.779. The van der Waals surface area contributed by atoms with Crippen molar-refractivity contribution in [1.82, 2.24) is 17.2 Å². The minimum Gasteiger partial charge on any atom is -0.444 e. The Morgan fingerprint density at radius 1 is 0.333 bits per heavy atom. The average molecular weight is 1820 g/mol. The molecule has 644 valence electrons. The molecule has 4 amide bonds. The van der Waals surface area contributed by atoms with Crippen LogP contribution in [0.15, 0.2) is 220 Å². The van der Waals surface area contributed by atoms with E-state index >= 15 is 0 Å². The van der Waals surface area contributed by atoms with Crippen molar-refractivity contribution in [1.29, 1.82) is 0 Å². The number of carbonyl (C=O) groups excluding carboxylic acids is 4. The van der Waals surface area contributed by atoms with Gasteiger partial charge in [-0.1, -0.05) is 126 Å². The molecule has 0 radical (unpaired) electrons. The molecule has 0 spiro atoms. The van der Waals surface area contributed by atoms with Crippen LogP contribution < -0.4 is 19.6 Å². The highest BCUT2D eigenvalue weighted by molar-refractivity contribution is 7.90. The number of fused-ring (bicyclic) bond motifs is 4. The van der Waals surface area contributed by atoms with Gasteiger partial charge in [0.05, 0.1) is 47.3 Å². The number of nitro benzene ring substituents is 3. The largest absolute Gasteiger partial charge is 0.444 e. The molecule has 0 unspecified atom stereocenters. The fourth-order valence-corrected chi connectivity index (χ4v) is 23.1. The Morgan fingerprint density at radius 2 is 0.667 bits per heavy atom. The highest BCUT2D eigenvalue weighted by atomic mass is 35.5. The standard InChI is InChI=1S/C25H23ClN2O4S.C20H21N3O6S.2C19H18ClN3O6S/c26-21-8-11-24-20(16-21)17-32-25(29)28(24)22-12-14-27(15-13-22)33(30,31)23-9-6-19(7-10-23)18-4-2-1-3-5-18;1-14-5-4-6-15-13-29-20(24)22(19(14)15)16-9-11-21(12-10-16)30(27,28)18-8-3-2-7-17(18)23(25)26;20-14-4-5-18-13(10-14)12-29-19(24)22(18)15-6-8-21(9-7-15)30(27,28)17-3-1-2-16(11-17)23(25)26;20-14-5-6-16-13(11-14)12-29-19(24)22(16)15-7-9-21(10-8-15)30(27,28)18-4-2-1-3-17(18)23(25)26/h1-11,16,22H,12-15,17H2;2-8,16H,9-13H2,1H3;1-5,10-11,15H,6-9,12H2;1-6,11,15H,7-10,12H2. The molecule has 0 atom stereocenters. The van der Waals surface area contributed by atoms with Crippen molar-refractivity contribution in [3.63, 3.8) is 0 Å². The number of nitro groups is 3.